The number of fused-ring (bicyclic) bond motifs is 1. The van der Waals surface area contributed by atoms with Crippen molar-refractivity contribution in [2.24, 2.45) is 5.92 Å². The largest absolute Gasteiger partial charge is 0.497 e. The summed E-state index contributed by atoms with van der Waals surface area (Å²) < 4.78 is 18.6. The Labute approximate surface area is 282 Å². The Morgan fingerprint density at radius 1 is 0.938 bits per heavy atom. The number of furan rings is 1. The van der Waals surface area contributed by atoms with Crippen molar-refractivity contribution >= 4 is 22.7 Å². The summed E-state index contributed by atoms with van der Waals surface area (Å²) in [7, 11) is 3.54. The van der Waals surface area contributed by atoms with Crippen LogP contribution in [0.15, 0.2) is 102 Å². The number of likely N-dealkylation sites (N-methyl/N-ethyl adjacent to an activating group) is 1. The molecule has 0 spiro atoms. The molecule has 0 bridgehead atoms. The van der Waals surface area contributed by atoms with E-state index in [4.69, 9.17) is 18.9 Å². The number of imidazole rings is 1. The third-order valence-corrected chi connectivity index (χ3v) is 9.36. The van der Waals surface area contributed by atoms with E-state index in [1.165, 1.54) is 5.56 Å². The normalized spacial score (nSPS) is 14.6. The van der Waals surface area contributed by atoms with Gasteiger partial charge in [0.25, 0.3) is 5.91 Å². The summed E-state index contributed by atoms with van der Waals surface area (Å²) in [6, 6.07) is 29.2. The van der Waals surface area contributed by atoms with Gasteiger partial charge in [-0.2, -0.15) is 0 Å². The van der Waals surface area contributed by atoms with Gasteiger partial charge in [0.05, 0.1) is 31.0 Å². The lowest BCUT2D eigenvalue weighted by Gasteiger charge is -2.33. The van der Waals surface area contributed by atoms with E-state index in [-0.39, 0.29) is 23.5 Å². The number of ether oxygens (including phenoxy) is 2. The van der Waals surface area contributed by atoms with E-state index >= 15 is 0 Å². The molecule has 5 aromatic rings. The van der Waals surface area contributed by atoms with Gasteiger partial charge in [0.2, 0.25) is 5.78 Å². The van der Waals surface area contributed by atoms with Gasteiger partial charge in [-0.25, -0.2) is 4.98 Å². The average Bonchev–Trinajstić information content (AvgIpc) is 3.80. The molecule has 3 heterocycles. The number of carbonyl (C=O) groups is 2. The maximum absolute atomic E-state index is 13.9. The Balaban J connectivity index is 1.07. The number of Topliss-reactive ketones (excluding diaryl/α,β-unsaturated/α-hetero) is 1. The number of amides is 1. The van der Waals surface area contributed by atoms with Gasteiger partial charge in [0, 0.05) is 37.5 Å². The van der Waals surface area contributed by atoms with E-state index in [2.05, 4.69) is 17.0 Å². The smallest absolute Gasteiger partial charge is 0.253 e. The molecule has 6 rings (SSSR count). The second-order valence-corrected chi connectivity index (χ2v) is 12.5. The number of carbonyl (C=O) groups excluding carboxylic acids is 2. The van der Waals surface area contributed by atoms with Crippen molar-refractivity contribution in [2.75, 3.05) is 46.9 Å². The molecule has 1 saturated heterocycles. The molecule has 1 aliphatic heterocycles. The molecule has 2 aromatic heterocycles. The molecule has 3 aromatic carbocycles. The monoisotopic (exact) mass is 648 g/mol. The van der Waals surface area contributed by atoms with Crippen molar-refractivity contribution in [2.45, 2.75) is 38.3 Å². The molecule has 1 atom stereocenters. The molecule has 0 N–H and O–H groups in total. The number of ketones is 1. The lowest BCUT2D eigenvalue weighted by molar-refractivity contribution is 0.0778. The minimum atomic E-state index is -0.0761. The Kier molecular flexibility index (Phi) is 11.0. The molecule has 0 saturated carbocycles. The maximum Gasteiger partial charge on any atom is 0.253 e. The van der Waals surface area contributed by atoms with Gasteiger partial charge in [-0.3, -0.25) is 9.59 Å². The van der Waals surface area contributed by atoms with Crippen molar-refractivity contribution in [1.29, 1.82) is 0 Å². The van der Waals surface area contributed by atoms with Crippen LogP contribution in [-0.2, 0) is 17.9 Å². The van der Waals surface area contributed by atoms with E-state index in [0.717, 1.165) is 61.4 Å². The molecule has 1 unspecified atom stereocenters. The predicted molar refractivity (Wildman–Crippen MR) is 185 cm³/mol. The van der Waals surface area contributed by atoms with Gasteiger partial charge in [0.1, 0.15) is 18.1 Å². The summed E-state index contributed by atoms with van der Waals surface area (Å²) in [5, 5.41) is 0. The molecule has 0 radical (unpaired) electrons. The molecule has 1 fully saturated rings. The van der Waals surface area contributed by atoms with Crippen LogP contribution in [0.5, 0.6) is 5.75 Å². The number of rotatable bonds is 15. The van der Waals surface area contributed by atoms with Gasteiger partial charge >= 0.3 is 0 Å². The van der Waals surface area contributed by atoms with Crippen molar-refractivity contribution < 1.29 is 23.5 Å². The van der Waals surface area contributed by atoms with Gasteiger partial charge < -0.3 is 28.3 Å². The third-order valence-electron chi connectivity index (χ3n) is 9.36. The zero-order valence-electron chi connectivity index (χ0n) is 27.8. The first-order valence-electron chi connectivity index (χ1n) is 16.8. The molecule has 1 amide bonds. The van der Waals surface area contributed by atoms with E-state index in [9.17, 15) is 9.59 Å². The number of likely N-dealkylation sites (tertiary alicyclic amines) is 1. The summed E-state index contributed by atoms with van der Waals surface area (Å²) in [4.78, 5) is 36.2. The van der Waals surface area contributed by atoms with E-state index in [0.29, 0.717) is 37.7 Å². The first-order chi connectivity index (χ1) is 23.5. The highest BCUT2D eigenvalue weighted by molar-refractivity contribution is 5.98. The minimum absolute atomic E-state index is 0.0172. The summed E-state index contributed by atoms with van der Waals surface area (Å²) in [6.07, 6.45) is 4.11. The number of hydrogen-bond donors (Lipinski definition) is 0. The number of piperidine rings is 1. The number of hydrogen-bond acceptors (Lipinski definition) is 7. The highest BCUT2D eigenvalue weighted by Crippen LogP contribution is 2.28. The van der Waals surface area contributed by atoms with Gasteiger partial charge in [0.15, 0.2) is 5.82 Å². The number of methoxy groups -OCH3 is 1. The van der Waals surface area contributed by atoms with E-state index < -0.39 is 0 Å². The van der Waals surface area contributed by atoms with Crippen LogP contribution >= 0.6 is 0 Å². The molecule has 250 valence electrons. The summed E-state index contributed by atoms with van der Waals surface area (Å²) in [5.74, 6) is 2.31. The number of para-hydroxylation sites is 2. The Bertz CT molecular complexity index is 1760. The first-order valence-corrected chi connectivity index (χ1v) is 16.8. The number of nitrogens with zero attached hydrogens (tertiary/aromatic N) is 4. The Morgan fingerprint density at radius 3 is 2.42 bits per heavy atom. The van der Waals surface area contributed by atoms with Crippen LogP contribution in [0.25, 0.3) is 11.0 Å². The van der Waals surface area contributed by atoms with Crippen molar-refractivity contribution in [1.82, 2.24) is 19.4 Å². The van der Waals surface area contributed by atoms with Crippen LogP contribution in [0, 0.1) is 5.92 Å². The first kappa shape index (κ1) is 33.2. The fraction of sp³-hybridized carbons (Fsp3) is 0.359. The van der Waals surface area contributed by atoms with Gasteiger partial charge in [-0.1, -0.05) is 42.5 Å². The minimum Gasteiger partial charge on any atom is -0.497 e. The zero-order chi connectivity index (χ0) is 33.3. The molecule has 9 nitrogen and oxygen atoms in total. The standard InChI is InChI=1S/C39H44N4O5/c1-41(39(45)31-9-4-3-5-10-31)27-32(29-14-16-33(46-2)17-15-29)20-23-42-21-18-30(19-22-42)37(44)38-40-35-12-6-7-13-36(35)43(38)24-26-47-28-34-11-8-25-48-34/h3-17,25,30,32H,18-24,26-28H2,1-2H3. The summed E-state index contributed by atoms with van der Waals surface area (Å²) in [6.45, 7) is 4.55. The molecule has 1 aliphatic rings. The Morgan fingerprint density at radius 2 is 1.69 bits per heavy atom. The van der Waals surface area contributed by atoms with E-state index in [1.807, 2.05) is 95.4 Å². The third kappa shape index (κ3) is 8.03. The van der Waals surface area contributed by atoms with Crippen LogP contribution in [0.3, 0.4) is 0 Å². The number of benzene rings is 3. The van der Waals surface area contributed by atoms with Gasteiger partial charge in [-0.15, -0.1) is 0 Å². The Hall–Kier alpha value is -4.73. The molecule has 0 aliphatic carbocycles. The SMILES string of the molecule is COc1ccc(C(CCN2CCC(C(=O)c3nc4ccccc4n3CCOCc3ccco3)CC2)CN(C)C(=O)c2ccccc2)cc1. The highest BCUT2D eigenvalue weighted by Gasteiger charge is 2.30. The van der Waals surface area contributed by atoms with Crippen LogP contribution in [-0.4, -0.2) is 78.0 Å². The second-order valence-electron chi connectivity index (χ2n) is 12.5. The maximum atomic E-state index is 13.9. The summed E-state index contributed by atoms with van der Waals surface area (Å²) >= 11 is 0. The topological polar surface area (TPSA) is 90.0 Å². The van der Waals surface area contributed by atoms with Crippen molar-refractivity contribution in [3.05, 3.63) is 120 Å². The van der Waals surface area contributed by atoms with Crippen LogP contribution < -0.4 is 4.74 Å². The number of aromatic nitrogens is 2. The zero-order valence-corrected chi connectivity index (χ0v) is 27.8. The van der Waals surface area contributed by atoms with Crippen molar-refractivity contribution in [3.8, 4) is 5.75 Å². The fourth-order valence-electron chi connectivity index (χ4n) is 6.61. The van der Waals surface area contributed by atoms with E-state index in [1.54, 1.807) is 13.4 Å². The quantitative estimate of drug-likeness (QED) is 0.0923. The molecule has 9 heteroatoms. The van der Waals surface area contributed by atoms with Crippen LogP contribution in [0.2, 0.25) is 0 Å². The second kappa shape index (κ2) is 15.9. The predicted octanol–water partition coefficient (Wildman–Crippen LogP) is 6.70. The highest BCUT2D eigenvalue weighted by atomic mass is 16.5. The molecular formula is C39H44N4O5. The average molecular weight is 649 g/mol. The lowest BCUT2D eigenvalue weighted by atomic mass is 9.90. The lowest BCUT2D eigenvalue weighted by Crippen LogP contribution is -2.38. The van der Waals surface area contributed by atoms with Gasteiger partial charge in [-0.05, 0) is 93.0 Å². The van der Waals surface area contributed by atoms with Crippen LogP contribution in [0.4, 0.5) is 0 Å². The summed E-state index contributed by atoms with van der Waals surface area (Å²) in [5.41, 5.74) is 3.64. The fourth-order valence-corrected chi connectivity index (χ4v) is 6.61. The van der Waals surface area contributed by atoms with Crippen LogP contribution in [0.1, 0.15) is 57.5 Å². The molecular weight excluding hydrogens is 604 g/mol. The van der Waals surface area contributed by atoms with Crippen molar-refractivity contribution in [3.63, 3.8) is 0 Å². The molecule has 48 heavy (non-hydrogen) atoms.